The molecule has 0 heterocycles. The second-order valence-corrected chi connectivity index (χ2v) is 5.08. The molecular formula is C16H13ClN4O. The summed E-state index contributed by atoms with van der Waals surface area (Å²) in [5.41, 5.74) is 7.84. The van der Waals surface area contributed by atoms with Gasteiger partial charge in [0, 0.05) is 16.3 Å². The fourth-order valence-corrected chi connectivity index (χ4v) is 2.76. The van der Waals surface area contributed by atoms with E-state index in [1.165, 1.54) is 0 Å². The van der Waals surface area contributed by atoms with Crippen LogP contribution >= 0.6 is 11.6 Å². The van der Waals surface area contributed by atoms with Crippen LogP contribution in [-0.2, 0) is 0 Å². The number of nitrogens with two attached hydrogens (primary N) is 1. The van der Waals surface area contributed by atoms with Crippen LogP contribution in [0.25, 0.3) is 21.5 Å². The highest BCUT2D eigenvalue weighted by atomic mass is 35.5. The fraction of sp³-hybridized carbons (Fsp3) is 0. The summed E-state index contributed by atoms with van der Waals surface area (Å²) in [5, 5.41) is 20.7. The van der Waals surface area contributed by atoms with Crippen molar-refractivity contribution >= 4 is 45.3 Å². The van der Waals surface area contributed by atoms with Crippen LogP contribution in [0.3, 0.4) is 0 Å². The molecule has 0 radical (unpaired) electrons. The number of nitrogens with zero attached hydrogens (tertiary/aromatic N) is 2. The monoisotopic (exact) mass is 312 g/mol. The summed E-state index contributed by atoms with van der Waals surface area (Å²) in [6.45, 7) is 0. The molecule has 6 heteroatoms. The van der Waals surface area contributed by atoms with Crippen LogP contribution < -0.4 is 11.2 Å². The smallest absolute Gasteiger partial charge is 0.237 e. The molecule has 5 nitrogen and oxygen atoms in total. The Morgan fingerprint density at radius 1 is 1.14 bits per heavy atom. The van der Waals surface area contributed by atoms with E-state index < -0.39 is 0 Å². The first-order valence-corrected chi connectivity index (χ1v) is 6.95. The number of halogens is 1. The normalized spacial score (nSPS) is 12.4. The van der Waals surface area contributed by atoms with Crippen LogP contribution in [0.15, 0.2) is 58.7 Å². The molecule has 0 aromatic heterocycles. The summed E-state index contributed by atoms with van der Waals surface area (Å²) < 4.78 is 0. The summed E-state index contributed by atoms with van der Waals surface area (Å²) in [7, 11) is 0. The molecule has 0 saturated heterocycles. The lowest BCUT2D eigenvalue weighted by Crippen LogP contribution is -2.27. The van der Waals surface area contributed by atoms with Gasteiger partial charge in [0.1, 0.15) is 0 Å². The number of rotatable bonds is 2. The molecule has 0 spiro atoms. The number of guanidine groups is 1. The van der Waals surface area contributed by atoms with E-state index in [-0.39, 0.29) is 5.96 Å². The van der Waals surface area contributed by atoms with Crippen molar-refractivity contribution < 1.29 is 5.21 Å². The minimum absolute atomic E-state index is 0.187. The largest absolute Gasteiger partial charge is 0.367 e. The van der Waals surface area contributed by atoms with Gasteiger partial charge >= 0.3 is 0 Å². The minimum atomic E-state index is -0.187. The average molecular weight is 313 g/mol. The zero-order chi connectivity index (χ0) is 15.5. The SMILES string of the molecule is N/C(=N/N=Cc1cccc2cc3ccccc3c(Cl)c12)NO. The van der Waals surface area contributed by atoms with Crippen LogP contribution in [0, 0.1) is 0 Å². The van der Waals surface area contributed by atoms with Crippen molar-refractivity contribution in [2.45, 2.75) is 0 Å². The molecule has 0 aliphatic rings. The highest BCUT2D eigenvalue weighted by Crippen LogP contribution is 2.33. The van der Waals surface area contributed by atoms with E-state index in [4.69, 9.17) is 22.5 Å². The van der Waals surface area contributed by atoms with Crippen molar-refractivity contribution in [1.29, 1.82) is 0 Å². The van der Waals surface area contributed by atoms with E-state index in [9.17, 15) is 0 Å². The lowest BCUT2D eigenvalue weighted by molar-refractivity contribution is 0.232. The van der Waals surface area contributed by atoms with Gasteiger partial charge in [-0.2, -0.15) is 5.10 Å². The third-order valence-electron chi connectivity index (χ3n) is 3.33. The minimum Gasteiger partial charge on any atom is -0.367 e. The summed E-state index contributed by atoms with van der Waals surface area (Å²) in [6.07, 6.45) is 1.55. The number of hydrogen-bond acceptors (Lipinski definition) is 3. The molecule has 0 aliphatic carbocycles. The Balaban J connectivity index is 2.21. The molecule has 3 aromatic rings. The molecule has 0 fully saturated rings. The molecular weight excluding hydrogens is 300 g/mol. The lowest BCUT2D eigenvalue weighted by Gasteiger charge is -2.08. The van der Waals surface area contributed by atoms with Gasteiger partial charge in [-0.1, -0.05) is 54.1 Å². The molecule has 4 N–H and O–H groups in total. The molecule has 0 bridgehead atoms. The summed E-state index contributed by atoms with van der Waals surface area (Å²) >= 11 is 6.57. The Kier molecular flexibility index (Phi) is 3.91. The molecule has 3 aromatic carbocycles. The second kappa shape index (κ2) is 6.01. The van der Waals surface area contributed by atoms with Crippen molar-refractivity contribution in [2.75, 3.05) is 0 Å². The first-order valence-electron chi connectivity index (χ1n) is 6.57. The fourth-order valence-electron chi connectivity index (χ4n) is 2.37. The van der Waals surface area contributed by atoms with Gasteiger partial charge in [-0.15, -0.1) is 5.10 Å². The van der Waals surface area contributed by atoms with Crippen molar-refractivity contribution in [3.8, 4) is 0 Å². The maximum absolute atomic E-state index is 8.57. The average Bonchev–Trinajstić information content (AvgIpc) is 2.55. The summed E-state index contributed by atoms with van der Waals surface area (Å²) in [6, 6.07) is 15.8. The van der Waals surface area contributed by atoms with Gasteiger partial charge in [0.15, 0.2) is 0 Å². The zero-order valence-corrected chi connectivity index (χ0v) is 12.2. The molecule has 0 aliphatic heterocycles. The van der Waals surface area contributed by atoms with Crippen LogP contribution in [0.1, 0.15) is 5.56 Å². The molecule has 0 amide bonds. The third-order valence-corrected chi connectivity index (χ3v) is 3.73. The highest BCUT2D eigenvalue weighted by molar-refractivity contribution is 6.41. The Morgan fingerprint density at radius 2 is 1.91 bits per heavy atom. The van der Waals surface area contributed by atoms with Gasteiger partial charge in [-0.25, -0.2) is 5.48 Å². The Hall–Kier alpha value is -2.63. The van der Waals surface area contributed by atoms with Gasteiger partial charge in [-0.05, 0) is 16.8 Å². The van der Waals surface area contributed by atoms with Gasteiger partial charge in [0.25, 0.3) is 0 Å². The number of nitrogens with one attached hydrogen (secondary N) is 1. The van der Waals surface area contributed by atoms with Gasteiger partial charge in [0.2, 0.25) is 5.96 Å². The summed E-state index contributed by atoms with van der Waals surface area (Å²) in [5.74, 6) is -0.187. The van der Waals surface area contributed by atoms with Crippen molar-refractivity contribution in [1.82, 2.24) is 5.48 Å². The zero-order valence-electron chi connectivity index (χ0n) is 11.5. The molecule has 3 rings (SSSR count). The predicted molar refractivity (Wildman–Crippen MR) is 90.6 cm³/mol. The van der Waals surface area contributed by atoms with E-state index in [0.29, 0.717) is 5.02 Å². The lowest BCUT2D eigenvalue weighted by atomic mass is 10.00. The van der Waals surface area contributed by atoms with Crippen molar-refractivity contribution in [2.24, 2.45) is 15.9 Å². The van der Waals surface area contributed by atoms with Gasteiger partial charge < -0.3 is 5.73 Å². The van der Waals surface area contributed by atoms with E-state index in [1.807, 2.05) is 42.5 Å². The van der Waals surface area contributed by atoms with E-state index in [1.54, 1.807) is 11.7 Å². The third kappa shape index (κ3) is 2.59. The Morgan fingerprint density at radius 3 is 2.73 bits per heavy atom. The molecule has 22 heavy (non-hydrogen) atoms. The molecule has 0 unspecified atom stereocenters. The summed E-state index contributed by atoms with van der Waals surface area (Å²) in [4.78, 5) is 0. The van der Waals surface area contributed by atoms with Crippen molar-refractivity contribution in [3.05, 3.63) is 59.1 Å². The van der Waals surface area contributed by atoms with Crippen LogP contribution in [0.2, 0.25) is 5.02 Å². The van der Waals surface area contributed by atoms with Gasteiger partial charge in [-0.3, -0.25) is 5.21 Å². The number of fused-ring (bicyclic) bond motifs is 2. The predicted octanol–water partition coefficient (Wildman–Crippen LogP) is 3.27. The Labute approximate surface area is 131 Å². The standard InChI is InChI=1S/C16H13ClN4O/c17-15-13-7-2-1-4-10(13)8-11-5-3-6-12(14(11)15)9-19-20-16(18)21-22/h1-9,22H,(H3,18,20,21). The number of hydroxylamine groups is 1. The van der Waals surface area contributed by atoms with Crippen LogP contribution in [0.5, 0.6) is 0 Å². The van der Waals surface area contributed by atoms with Gasteiger partial charge in [0.05, 0.1) is 11.2 Å². The topological polar surface area (TPSA) is 83.0 Å². The number of benzene rings is 3. The number of hydrogen-bond donors (Lipinski definition) is 3. The first-order chi connectivity index (χ1) is 10.7. The molecule has 110 valence electrons. The second-order valence-electron chi connectivity index (χ2n) is 4.70. The van der Waals surface area contributed by atoms with E-state index in [0.717, 1.165) is 27.1 Å². The van der Waals surface area contributed by atoms with Crippen LogP contribution in [-0.4, -0.2) is 17.4 Å². The Bertz CT molecular complexity index is 905. The first kappa shape index (κ1) is 14.3. The maximum Gasteiger partial charge on any atom is 0.237 e. The molecule has 0 saturated carbocycles. The van der Waals surface area contributed by atoms with E-state index in [2.05, 4.69) is 16.3 Å². The highest BCUT2D eigenvalue weighted by Gasteiger charge is 2.08. The molecule has 0 atom stereocenters. The maximum atomic E-state index is 8.57. The van der Waals surface area contributed by atoms with Crippen LogP contribution in [0.4, 0.5) is 0 Å². The van der Waals surface area contributed by atoms with Crippen molar-refractivity contribution in [3.63, 3.8) is 0 Å². The quantitative estimate of drug-likeness (QED) is 0.294. The van der Waals surface area contributed by atoms with E-state index >= 15 is 0 Å².